The second kappa shape index (κ2) is 10.1. The predicted molar refractivity (Wildman–Crippen MR) is 127 cm³/mol. The Labute approximate surface area is 195 Å². The summed E-state index contributed by atoms with van der Waals surface area (Å²) in [6, 6.07) is 9.59. The van der Waals surface area contributed by atoms with Gasteiger partial charge in [0.05, 0.1) is 22.6 Å². The molecule has 7 nitrogen and oxygen atoms in total. The molecular weight excluding hydrogens is 450 g/mol. The van der Waals surface area contributed by atoms with E-state index >= 15 is 0 Å². The van der Waals surface area contributed by atoms with Crippen LogP contribution in [0, 0.1) is 13.8 Å². The van der Waals surface area contributed by atoms with Gasteiger partial charge in [0, 0.05) is 31.9 Å². The SMILES string of the molecule is CCOc1ccc(S(=O)(=O)N[C@H](C)C(=O)N2CCN(c3cccc(C)c3C)CC2)cc1Cl. The van der Waals surface area contributed by atoms with Gasteiger partial charge in [0.25, 0.3) is 0 Å². The zero-order valence-corrected chi connectivity index (χ0v) is 20.5. The number of ether oxygens (including phenoxy) is 1. The first-order valence-electron chi connectivity index (χ1n) is 10.7. The molecule has 1 heterocycles. The third kappa shape index (κ3) is 5.36. The Morgan fingerprint density at radius 2 is 1.84 bits per heavy atom. The van der Waals surface area contributed by atoms with Crippen LogP contribution >= 0.6 is 11.6 Å². The molecule has 0 aliphatic carbocycles. The van der Waals surface area contributed by atoms with E-state index in [1.165, 1.54) is 35.0 Å². The number of nitrogens with one attached hydrogen (secondary N) is 1. The molecule has 0 spiro atoms. The van der Waals surface area contributed by atoms with Crippen molar-refractivity contribution in [1.82, 2.24) is 9.62 Å². The average molecular weight is 480 g/mol. The van der Waals surface area contributed by atoms with E-state index < -0.39 is 16.1 Å². The van der Waals surface area contributed by atoms with Gasteiger partial charge in [-0.05, 0) is 63.1 Å². The van der Waals surface area contributed by atoms with E-state index in [2.05, 4.69) is 35.6 Å². The molecule has 1 atom stereocenters. The molecule has 1 saturated heterocycles. The fraction of sp³-hybridized carbons (Fsp3) is 0.435. The first-order chi connectivity index (χ1) is 15.1. The van der Waals surface area contributed by atoms with Crippen LogP contribution in [-0.4, -0.2) is 58.1 Å². The summed E-state index contributed by atoms with van der Waals surface area (Å²) in [5.74, 6) is 0.171. The number of carbonyl (C=O) groups excluding carboxylic acids is 1. The number of sulfonamides is 1. The van der Waals surface area contributed by atoms with E-state index in [9.17, 15) is 13.2 Å². The molecule has 2 aromatic carbocycles. The van der Waals surface area contributed by atoms with Gasteiger partial charge in [0.1, 0.15) is 5.75 Å². The number of hydrogen-bond acceptors (Lipinski definition) is 5. The summed E-state index contributed by atoms with van der Waals surface area (Å²) >= 11 is 6.12. The van der Waals surface area contributed by atoms with Crippen molar-refractivity contribution in [2.75, 3.05) is 37.7 Å². The number of nitrogens with zero attached hydrogens (tertiary/aromatic N) is 2. The number of halogens is 1. The Kier molecular flexibility index (Phi) is 7.69. The summed E-state index contributed by atoms with van der Waals surface area (Å²) in [7, 11) is -3.91. The topological polar surface area (TPSA) is 78.9 Å². The Hall–Kier alpha value is -2.29. The van der Waals surface area contributed by atoms with Gasteiger partial charge in [-0.25, -0.2) is 8.42 Å². The van der Waals surface area contributed by atoms with Crippen LogP contribution in [0.3, 0.4) is 0 Å². The van der Waals surface area contributed by atoms with Crippen LogP contribution < -0.4 is 14.4 Å². The van der Waals surface area contributed by atoms with Crippen molar-refractivity contribution in [2.24, 2.45) is 0 Å². The monoisotopic (exact) mass is 479 g/mol. The highest BCUT2D eigenvalue weighted by Crippen LogP contribution is 2.28. The lowest BCUT2D eigenvalue weighted by atomic mass is 10.1. The van der Waals surface area contributed by atoms with Gasteiger partial charge in [0.2, 0.25) is 15.9 Å². The maximum Gasteiger partial charge on any atom is 0.241 e. The van der Waals surface area contributed by atoms with Gasteiger partial charge >= 0.3 is 0 Å². The predicted octanol–water partition coefficient (Wildman–Crippen LogP) is 3.37. The van der Waals surface area contributed by atoms with Crippen molar-refractivity contribution in [3.8, 4) is 5.75 Å². The molecule has 3 rings (SSSR count). The number of amides is 1. The second-order valence-electron chi connectivity index (χ2n) is 7.90. The minimum absolute atomic E-state index is 0.00894. The molecule has 1 aliphatic heterocycles. The maximum absolute atomic E-state index is 12.9. The van der Waals surface area contributed by atoms with Crippen LogP contribution in [0.1, 0.15) is 25.0 Å². The molecule has 0 bridgehead atoms. The largest absolute Gasteiger partial charge is 0.492 e. The molecule has 1 N–H and O–H groups in total. The fourth-order valence-corrected chi connectivity index (χ4v) is 5.31. The van der Waals surface area contributed by atoms with Crippen molar-refractivity contribution in [2.45, 2.75) is 38.6 Å². The van der Waals surface area contributed by atoms with Crippen molar-refractivity contribution >= 4 is 33.2 Å². The number of hydrogen-bond donors (Lipinski definition) is 1. The molecule has 2 aromatic rings. The summed E-state index contributed by atoms with van der Waals surface area (Å²) in [5.41, 5.74) is 3.65. The Morgan fingerprint density at radius 3 is 2.47 bits per heavy atom. The van der Waals surface area contributed by atoms with Crippen molar-refractivity contribution < 1.29 is 17.9 Å². The Balaban J connectivity index is 1.62. The van der Waals surface area contributed by atoms with Crippen LogP contribution in [0.2, 0.25) is 5.02 Å². The quantitative estimate of drug-likeness (QED) is 0.658. The van der Waals surface area contributed by atoms with Gasteiger partial charge in [-0.3, -0.25) is 4.79 Å². The van der Waals surface area contributed by atoms with Crippen LogP contribution in [-0.2, 0) is 14.8 Å². The molecule has 1 fully saturated rings. The molecule has 0 saturated carbocycles. The summed E-state index contributed by atoms with van der Waals surface area (Å²) in [6.45, 7) is 10.5. The van der Waals surface area contributed by atoms with Crippen LogP contribution in [0.15, 0.2) is 41.3 Å². The summed E-state index contributed by atoms with van der Waals surface area (Å²) in [5, 5.41) is 0.205. The number of benzene rings is 2. The number of piperazine rings is 1. The smallest absolute Gasteiger partial charge is 0.241 e. The van der Waals surface area contributed by atoms with Gasteiger partial charge in [-0.15, -0.1) is 0 Å². The van der Waals surface area contributed by atoms with E-state index in [0.717, 1.165) is 0 Å². The highest BCUT2D eigenvalue weighted by Gasteiger charge is 2.29. The first kappa shape index (κ1) is 24.4. The minimum atomic E-state index is -3.91. The summed E-state index contributed by atoms with van der Waals surface area (Å²) in [4.78, 5) is 16.9. The Bertz CT molecular complexity index is 1080. The highest BCUT2D eigenvalue weighted by atomic mass is 35.5. The lowest BCUT2D eigenvalue weighted by Gasteiger charge is -2.38. The molecular formula is C23H30ClN3O4S. The van der Waals surface area contributed by atoms with Crippen molar-refractivity contribution in [3.63, 3.8) is 0 Å². The third-order valence-corrected chi connectivity index (χ3v) is 7.56. The van der Waals surface area contributed by atoms with E-state index in [-0.39, 0.29) is 15.8 Å². The van der Waals surface area contributed by atoms with E-state index in [4.69, 9.17) is 16.3 Å². The lowest BCUT2D eigenvalue weighted by Crippen LogP contribution is -2.54. The molecule has 1 amide bonds. The van der Waals surface area contributed by atoms with Crippen LogP contribution in [0.5, 0.6) is 5.75 Å². The maximum atomic E-state index is 12.9. The number of carbonyl (C=O) groups is 1. The molecule has 0 radical (unpaired) electrons. The lowest BCUT2D eigenvalue weighted by molar-refractivity contribution is -0.132. The summed E-state index contributed by atoms with van der Waals surface area (Å²) in [6.07, 6.45) is 0. The van der Waals surface area contributed by atoms with Gasteiger partial charge < -0.3 is 14.5 Å². The van der Waals surface area contributed by atoms with Gasteiger partial charge in [-0.1, -0.05) is 23.7 Å². The van der Waals surface area contributed by atoms with E-state index in [1.807, 2.05) is 13.0 Å². The third-order valence-electron chi connectivity index (χ3n) is 5.72. The Morgan fingerprint density at radius 1 is 1.16 bits per heavy atom. The molecule has 0 unspecified atom stereocenters. The van der Waals surface area contributed by atoms with E-state index in [1.54, 1.807) is 11.8 Å². The van der Waals surface area contributed by atoms with Gasteiger partial charge in [0.15, 0.2) is 0 Å². The number of rotatable bonds is 7. The normalized spacial score (nSPS) is 15.5. The van der Waals surface area contributed by atoms with E-state index in [0.29, 0.717) is 38.5 Å². The zero-order valence-electron chi connectivity index (χ0n) is 18.9. The highest BCUT2D eigenvalue weighted by molar-refractivity contribution is 7.89. The molecule has 32 heavy (non-hydrogen) atoms. The molecule has 1 aliphatic rings. The number of anilines is 1. The fourth-order valence-electron chi connectivity index (χ4n) is 3.79. The van der Waals surface area contributed by atoms with Gasteiger partial charge in [-0.2, -0.15) is 4.72 Å². The number of aryl methyl sites for hydroxylation is 1. The van der Waals surface area contributed by atoms with Crippen molar-refractivity contribution in [1.29, 1.82) is 0 Å². The van der Waals surface area contributed by atoms with Crippen LogP contribution in [0.4, 0.5) is 5.69 Å². The minimum Gasteiger partial charge on any atom is -0.492 e. The molecule has 9 heteroatoms. The standard InChI is InChI=1S/C23H30ClN3O4S/c1-5-31-22-10-9-19(15-20(22)24)32(29,30)25-18(4)23(28)27-13-11-26(12-14-27)21-8-6-7-16(2)17(21)3/h6-10,15,18,25H,5,11-14H2,1-4H3/t18-/m1/s1. The second-order valence-corrected chi connectivity index (χ2v) is 10.0. The zero-order chi connectivity index (χ0) is 23.5. The summed E-state index contributed by atoms with van der Waals surface area (Å²) < 4.78 is 33.4. The first-order valence-corrected chi connectivity index (χ1v) is 12.5. The van der Waals surface area contributed by atoms with Crippen molar-refractivity contribution in [3.05, 3.63) is 52.5 Å². The molecule has 174 valence electrons. The average Bonchev–Trinajstić information content (AvgIpc) is 2.76. The molecule has 0 aromatic heterocycles. The van der Waals surface area contributed by atoms with Crippen LogP contribution in [0.25, 0.3) is 0 Å².